The maximum Gasteiger partial charge on any atom is 0.420 e. The lowest BCUT2D eigenvalue weighted by Gasteiger charge is -2.24. The Balaban J connectivity index is 2.08. The molecule has 2 amide bonds. The summed E-state index contributed by atoms with van der Waals surface area (Å²) in [5, 5.41) is 9.31. The van der Waals surface area contributed by atoms with Crippen LogP contribution in [0.2, 0.25) is 0 Å². The standard InChI is InChI=1S/C19H19NO6S/c21-17(22)16(13-27)20(18(23)25-11-14-7-3-1-4-8-14)19(24)26-12-15-9-5-2-6-10-15/h1-10,16,27H,11-13H2,(H,21,22). The fraction of sp³-hybridized carbons (Fsp3) is 0.211. The number of aliphatic carboxylic acids is 1. The first-order chi connectivity index (χ1) is 13.0. The fourth-order valence-electron chi connectivity index (χ4n) is 2.18. The minimum atomic E-state index is -1.51. The van der Waals surface area contributed by atoms with Gasteiger partial charge in [0.25, 0.3) is 0 Å². The highest BCUT2D eigenvalue weighted by Gasteiger charge is 2.36. The van der Waals surface area contributed by atoms with Gasteiger partial charge in [0.1, 0.15) is 13.2 Å². The zero-order valence-electron chi connectivity index (χ0n) is 14.4. The number of benzene rings is 2. The zero-order chi connectivity index (χ0) is 19.6. The van der Waals surface area contributed by atoms with Crippen molar-refractivity contribution in [3.63, 3.8) is 0 Å². The zero-order valence-corrected chi connectivity index (χ0v) is 15.2. The van der Waals surface area contributed by atoms with Gasteiger partial charge in [0.05, 0.1) is 0 Å². The third-order valence-electron chi connectivity index (χ3n) is 3.57. The highest BCUT2D eigenvalue weighted by molar-refractivity contribution is 7.80. The highest BCUT2D eigenvalue weighted by atomic mass is 32.1. The molecule has 0 heterocycles. The summed E-state index contributed by atoms with van der Waals surface area (Å²) in [6.45, 7) is -0.220. The Kier molecular flexibility index (Phi) is 7.69. The van der Waals surface area contributed by atoms with E-state index in [4.69, 9.17) is 9.47 Å². The number of hydrogen-bond acceptors (Lipinski definition) is 6. The Morgan fingerprint density at radius 2 is 1.26 bits per heavy atom. The van der Waals surface area contributed by atoms with E-state index < -0.39 is 24.2 Å². The molecule has 0 saturated heterocycles. The van der Waals surface area contributed by atoms with Crippen LogP contribution in [0.25, 0.3) is 0 Å². The number of thiol groups is 1. The molecule has 142 valence electrons. The molecule has 0 fully saturated rings. The van der Waals surface area contributed by atoms with Crippen LogP contribution in [-0.4, -0.2) is 40.0 Å². The lowest BCUT2D eigenvalue weighted by atomic mass is 10.2. The SMILES string of the molecule is O=C(O)C(CS)N(C(=O)OCc1ccccc1)C(=O)OCc1ccccc1. The van der Waals surface area contributed by atoms with E-state index in [1.807, 2.05) is 0 Å². The van der Waals surface area contributed by atoms with Gasteiger partial charge >= 0.3 is 18.2 Å². The third-order valence-corrected chi connectivity index (χ3v) is 3.92. The van der Waals surface area contributed by atoms with Crippen molar-refractivity contribution in [2.24, 2.45) is 0 Å². The third kappa shape index (κ3) is 6.03. The molecule has 27 heavy (non-hydrogen) atoms. The second kappa shape index (κ2) is 10.2. The molecule has 1 atom stereocenters. The Morgan fingerprint density at radius 3 is 1.59 bits per heavy atom. The predicted octanol–water partition coefficient (Wildman–Crippen LogP) is 3.35. The van der Waals surface area contributed by atoms with Crippen molar-refractivity contribution in [1.29, 1.82) is 0 Å². The summed E-state index contributed by atoms with van der Waals surface area (Å²) in [5.74, 6) is -1.67. The quantitative estimate of drug-likeness (QED) is 0.706. The molecule has 8 heteroatoms. The van der Waals surface area contributed by atoms with Crippen molar-refractivity contribution in [2.45, 2.75) is 19.3 Å². The van der Waals surface area contributed by atoms with Crippen molar-refractivity contribution >= 4 is 30.8 Å². The van der Waals surface area contributed by atoms with Gasteiger partial charge in [-0.15, -0.1) is 0 Å². The van der Waals surface area contributed by atoms with E-state index in [0.29, 0.717) is 16.0 Å². The molecule has 0 aromatic heterocycles. The summed E-state index contributed by atoms with van der Waals surface area (Å²) < 4.78 is 10.2. The van der Waals surface area contributed by atoms with Crippen LogP contribution in [0.3, 0.4) is 0 Å². The van der Waals surface area contributed by atoms with E-state index in [1.165, 1.54) is 0 Å². The normalized spacial score (nSPS) is 11.3. The first-order valence-electron chi connectivity index (χ1n) is 8.07. The maximum atomic E-state index is 12.4. The van der Waals surface area contributed by atoms with Gasteiger partial charge in [-0.3, -0.25) is 0 Å². The van der Waals surface area contributed by atoms with Gasteiger partial charge in [0.2, 0.25) is 0 Å². The van der Waals surface area contributed by atoms with Crippen LogP contribution in [-0.2, 0) is 27.5 Å². The largest absolute Gasteiger partial charge is 0.480 e. The van der Waals surface area contributed by atoms with Crippen LogP contribution in [0.5, 0.6) is 0 Å². The number of carbonyl (C=O) groups excluding carboxylic acids is 2. The van der Waals surface area contributed by atoms with E-state index in [9.17, 15) is 19.5 Å². The molecule has 0 bridgehead atoms. The Morgan fingerprint density at radius 1 is 0.852 bits per heavy atom. The predicted molar refractivity (Wildman–Crippen MR) is 100 cm³/mol. The minimum absolute atomic E-state index is 0.110. The van der Waals surface area contributed by atoms with Gasteiger partial charge in [-0.2, -0.15) is 17.5 Å². The summed E-state index contributed by atoms with van der Waals surface area (Å²) in [7, 11) is 0. The number of amides is 2. The van der Waals surface area contributed by atoms with E-state index in [1.54, 1.807) is 60.7 Å². The fourth-order valence-corrected chi connectivity index (χ4v) is 2.50. The monoisotopic (exact) mass is 389 g/mol. The number of imide groups is 1. The smallest absolute Gasteiger partial charge is 0.420 e. The average molecular weight is 389 g/mol. The average Bonchev–Trinajstić information content (AvgIpc) is 2.69. The number of rotatable bonds is 7. The number of carboxylic acid groups (broad SMARTS) is 1. The van der Waals surface area contributed by atoms with Gasteiger partial charge in [-0.05, 0) is 11.1 Å². The molecule has 2 aromatic carbocycles. The topological polar surface area (TPSA) is 93.1 Å². The van der Waals surface area contributed by atoms with Crippen molar-refractivity contribution in [2.75, 3.05) is 5.75 Å². The Hall–Kier alpha value is -3.00. The molecule has 0 aliphatic carbocycles. The van der Waals surface area contributed by atoms with Crippen molar-refractivity contribution in [3.05, 3.63) is 71.8 Å². The first-order valence-corrected chi connectivity index (χ1v) is 8.70. The van der Waals surface area contributed by atoms with Crippen LogP contribution in [0.1, 0.15) is 11.1 Å². The molecule has 0 radical (unpaired) electrons. The van der Waals surface area contributed by atoms with E-state index >= 15 is 0 Å². The van der Waals surface area contributed by atoms with Crippen molar-refractivity contribution in [3.8, 4) is 0 Å². The molecule has 2 aromatic rings. The second-order valence-corrected chi connectivity index (χ2v) is 5.85. The van der Waals surface area contributed by atoms with Crippen LogP contribution in [0.4, 0.5) is 9.59 Å². The molecule has 1 N–H and O–H groups in total. The summed E-state index contributed by atoms with van der Waals surface area (Å²) in [4.78, 5) is 36.6. The highest BCUT2D eigenvalue weighted by Crippen LogP contribution is 2.12. The Bertz CT molecular complexity index is 713. The number of hydrogen-bond donors (Lipinski definition) is 2. The molecular formula is C19H19NO6S. The molecule has 1 unspecified atom stereocenters. The van der Waals surface area contributed by atoms with Crippen molar-refractivity contribution in [1.82, 2.24) is 4.90 Å². The molecular weight excluding hydrogens is 370 g/mol. The van der Waals surface area contributed by atoms with Crippen LogP contribution < -0.4 is 0 Å². The molecule has 2 rings (SSSR count). The number of nitrogens with zero attached hydrogens (tertiary/aromatic N) is 1. The molecule has 0 aliphatic heterocycles. The van der Waals surface area contributed by atoms with Crippen LogP contribution >= 0.6 is 12.6 Å². The lowest BCUT2D eigenvalue weighted by Crippen LogP contribution is -2.50. The summed E-state index contributed by atoms with van der Waals surface area (Å²) in [6, 6.07) is 16.1. The van der Waals surface area contributed by atoms with Gasteiger partial charge in [-0.25, -0.2) is 14.4 Å². The van der Waals surface area contributed by atoms with Gasteiger partial charge in [-0.1, -0.05) is 60.7 Å². The molecule has 0 spiro atoms. The molecule has 0 saturated carbocycles. The van der Waals surface area contributed by atoms with Gasteiger partial charge in [0.15, 0.2) is 6.04 Å². The number of carboxylic acids is 1. The first kappa shape index (κ1) is 20.3. The number of ether oxygens (including phenoxy) is 2. The van der Waals surface area contributed by atoms with Gasteiger partial charge < -0.3 is 14.6 Å². The summed E-state index contributed by atoms with van der Waals surface area (Å²) in [6.07, 6.45) is -2.23. The van der Waals surface area contributed by atoms with E-state index in [2.05, 4.69) is 12.6 Å². The van der Waals surface area contributed by atoms with Crippen LogP contribution in [0.15, 0.2) is 60.7 Å². The summed E-state index contributed by atoms with van der Waals surface area (Å²) in [5.41, 5.74) is 1.39. The lowest BCUT2D eigenvalue weighted by molar-refractivity contribution is -0.141. The number of carbonyl (C=O) groups is 3. The maximum absolute atomic E-state index is 12.4. The van der Waals surface area contributed by atoms with Gasteiger partial charge in [0, 0.05) is 5.75 Å². The van der Waals surface area contributed by atoms with E-state index in [0.717, 1.165) is 0 Å². The molecule has 7 nitrogen and oxygen atoms in total. The van der Waals surface area contributed by atoms with E-state index in [-0.39, 0.29) is 19.0 Å². The van der Waals surface area contributed by atoms with Crippen molar-refractivity contribution < 1.29 is 29.0 Å². The summed E-state index contributed by atoms with van der Waals surface area (Å²) >= 11 is 3.92. The Labute approximate surface area is 161 Å². The minimum Gasteiger partial charge on any atom is -0.480 e. The van der Waals surface area contributed by atoms with Crippen LogP contribution in [0, 0.1) is 0 Å². The second-order valence-electron chi connectivity index (χ2n) is 5.49. The molecule has 0 aliphatic rings.